The Morgan fingerprint density at radius 2 is 1.67 bits per heavy atom. The van der Waals surface area contributed by atoms with Gasteiger partial charge in [0.15, 0.2) is 0 Å². The number of hydrogen-bond donors (Lipinski definition) is 1. The quantitative estimate of drug-likeness (QED) is 0.712. The number of carbonyl (C=O) groups excluding carboxylic acids is 1. The molecule has 0 radical (unpaired) electrons. The molecule has 12 heavy (non-hydrogen) atoms. The molecule has 1 N–H and O–H groups in total. The third-order valence-corrected chi connectivity index (χ3v) is 1.53. The van der Waals surface area contributed by atoms with E-state index in [1.54, 1.807) is 13.8 Å². The van der Waals surface area contributed by atoms with Crippen molar-refractivity contribution in [1.82, 2.24) is 0 Å². The highest BCUT2D eigenvalue weighted by atomic mass is 16.4. The van der Waals surface area contributed by atoms with Gasteiger partial charge in [0, 0.05) is 6.42 Å². The second kappa shape index (κ2) is 8.24. The Morgan fingerprint density at radius 3 is 1.67 bits per heavy atom. The number of carbonyl (C=O) groups is 2. The van der Waals surface area contributed by atoms with Gasteiger partial charge in [0.05, 0.1) is 5.92 Å². The largest absolute Gasteiger partial charge is 0.481 e. The fourth-order valence-corrected chi connectivity index (χ4v) is 0.175. The summed E-state index contributed by atoms with van der Waals surface area (Å²) in [7, 11) is 0. The predicted octanol–water partition coefficient (Wildman–Crippen LogP) is 2.10. The fraction of sp³-hybridized carbons (Fsp3) is 0.778. The van der Waals surface area contributed by atoms with Crippen LogP contribution in [0, 0.1) is 5.92 Å². The van der Waals surface area contributed by atoms with Crippen LogP contribution < -0.4 is 0 Å². The molecule has 0 heterocycles. The number of carboxylic acids is 1. The van der Waals surface area contributed by atoms with Crippen LogP contribution in [0.1, 0.15) is 40.5 Å². The lowest BCUT2D eigenvalue weighted by molar-refractivity contribution is -0.141. The maximum absolute atomic E-state index is 9.93. The highest BCUT2D eigenvalue weighted by Crippen LogP contribution is 1.97. The summed E-state index contributed by atoms with van der Waals surface area (Å²) in [6.07, 6.45) is 1.38. The Kier molecular flexibility index (Phi) is 9.41. The molecular weight excluding hydrogens is 156 g/mol. The minimum absolute atomic E-state index is 0.181. The number of rotatable bonds is 3. The number of aliphatic carboxylic acids is 1. The van der Waals surface area contributed by atoms with E-state index in [0.29, 0.717) is 6.42 Å². The van der Waals surface area contributed by atoms with Crippen molar-refractivity contribution in [3.63, 3.8) is 0 Å². The van der Waals surface area contributed by atoms with Crippen molar-refractivity contribution < 1.29 is 14.7 Å². The van der Waals surface area contributed by atoms with Crippen LogP contribution in [0.4, 0.5) is 0 Å². The molecule has 0 spiro atoms. The maximum Gasteiger partial charge on any atom is 0.306 e. The van der Waals surface area contributed by atoms with Gasteiger partial charge in [0.1, 0.15) is 5.78 Å². The third-order valence-electron chi connectivity index (χ3n) is 1.53. The molecule has 0 fully saturated rings. The maximum atomic E-state index is 9.93. The topological polar surface area (TPSA) is 54.4 Å². The lowest BCUT2D eigenvalue weighted by Crippen LogP contribution is -2.06. The summed E-state index contributed by atoms with van der Waals surface area (Å²) in [5.74, 6) is -0.632. The van der Waals surface area contributed by atoms with Crippen LogP contribution >= 0.6 is 0 Å². The normalized spacial score (nSPS) is 11.0. The summed E-state index contributed by atoms with van der Waals surface area (Å²) in [6, 6.07) is 0. The molecule has 1 unspecified atom stereocenters. The molecule has 1 atom stereocenters. The van der Waals surface area contributed by atoms with Gasteiger partial charge in [-0.2, -0.15) is 0 Å². The van der Waals surface area contributed by atoms with E-state index in [9.17, 15) is 9.59 Å². The number of carboxylic acid groups (broad SMARTS) is 1. The van der Waals surface area contributed by atoms with Gasteiger partial charge in [-0.05, 0) is 13.3 Å². The molecule has 0 aromatic carbocycles. The number of ketones is 1. The average molecular weight is 174 g/mol. The van der Waals surface area contributed by atoms with Gasteiger partial charge in [-0.1, -0.05) is 20.8 Å². The van der Waals surface area contributed by atoms with Crippen molar-refractivity contribution in [3.8, 4) is 0 Å². The van der Waals surface area contributed by atoms with Crippen LogP contribution in [0.3, 0.4) is 0 Å². The Hall–Kier alpha value is -0.860. The van der Waals surface area contributed by atoms with Gasteiger partial charge >= 0.3 is 5.97 Å². The molecule has 0 saturated heterocycles. The van der Waals surface area contributed by atoms with Crippen LogP contribution in [-0.2, 0) is 9.59 Å². The summed E-state index contributed by atoms with van der Waals surface area (Å²) in [4.78, 5) is 19.7. The van der Waals surface area contributed by atoms with Gasteiger partial charge < -0.3 is 9.90 Å². The lowest BCUT2D eigenvalue weighted by Gasteiger charge is -1.96. The first-order valence-corrected chi connectivity index (χ1v) is 4.17. The zero-order chi connectivity index (χ0) is 10.1. The van der Waals surface area contributed by atoms with Crippen molar-refractivity contribution in [3.05, 3.63) is 0 Å². The molecule has 0 amide bonds. The minimum Gasteiger partial charge on any atom is -0.481 e. The SMILES string of the molecule is CCC(C)=O.CCC(C)C(=O)O. The van der Waals surface area contributed by atoms with Crippen LogP contribution in [-0.4, -0.2) is 16.9 Å². The molecule has 3 heteroatoms. The fourth-order valence-electron chi connectivity index (χ4n) is 0.175. The van der Waals surface area contributed by atoms with Crippen LogP contribution in [0.5, 0.6) is 0 Å². The smallest absolute Gasteiger partial charge is 0.306 e. The zero-order valence-electron chi connectivity index (χ0n) is 8.26. The summed E-state index contributed by atoms with van der Waals surface area (Å²) in [6.45, 7) is 6.99. The second-order valence-corrected chi connectivity index (χ2v) is 2.70. The van der Waals surface area contributed by atoms with Crippen LogP contribution in [0.2, 0.25) is 0 Å². The first kappa shape index (κ1) is 13.7. The van der Waals surface area contributed by atoms with E-state index in [4.69, 9.17) is 5.11 Å². The standard InChI is InChI=1S/C5H10O2.C4H8O/c1-3-4(2)5(6)7;1-3-4(2)5/h4H,3H2,1-2H3,(H,6,7);3H2,1-2H3. The Balaban J connectivity index is 0. The number of hydrogen-bond acceptors (Lipinski definition) is 2. The second-order valence-electron chi connectivity index (χ2n) is 2.70. The Bertz CT molecular complexity index is 141. The first-order valence-electron chi connectivity index (χ1n) is 4.17. The van der Waals surface area contributed by atoms with Gasteiger partial charge in [-0.3, -0.25) is 4.79 Å². The van der Waals surface area contributed by atoms with Crippen molar-refractivity contribution in [2.45, 2.75) is 40.5 Å². The van der Waals surface area contributed by atoms with Gasteiger partial charge in [-0.15, -0.1) is 0 Å². The monoisotopic (exact) mass is 174 g/mol. The summed E-state index contributed by atoms with van der Waals surface area (Å²) in [5.41, 5.74) is 0. The van der Waals surface area contributed by atoms with Crippen molar-refractivity contribution in [2.24, 2.45) is 5.92 Å². The van der Waals surface area contributed by atoms with Crippen molar-refractivity contribution in [1.29, 1.82) is 0 Å². The summed E-state index contributed by atoms with van der Waals surface area (Å²) < 4.78 is 0. The molecule has 3 nitrogen and oxygen atoms in total. The summed E-state index contributed by atoms with van der Waals surface area (Å²) >= 11 is 0. The number of Topliss-reactive ketones (excluding diaryl/α,β-unsaturated/α-hetero) is 1. The molecule has 0 aromatic rings. The summed E-state index contributed by atoms with van der Waals surface area (Å²) in [5, 5.41) is 8.18. The lowest BCUT2D eigenvalue weighted by atomic mass is 10.1. The predicted molar refractivity (Wildman–Crippen MR) is 48.1 cm³/mol. The van der Waals surface area contributed by atoms with E-state index < -0.39 is 5.97 Å². The molecule has 0 rings (SSSR count). The molecular formula is C9H18O3. The van der Waals surface area contributed by atoms with E-state index in [0.717, 1.165) is 6.42 Å². The van der Waals surface area contributed by atoms with Crippen LogP contribution in [0.25, 0.3) is 0 Å². The van der Waals surface area contributed by atoms with Gasteiger partial charge in [0.2, 0.25) is 0 Å². The molecule has 0 bridgehead atoms. The first-order chi connectivity index (χ1) is 5.45. The Labute approximate surface area is 73.8 Å². The Morgan fingerprint density at radius 1 is 1.33 bits per heavy atom. The van der Waals surface area contributed by atoms with E-state index in [1.165, 1.54) is 0 Å². The van der Waals surface area contributed by atoms with Crippen LogP contribution in [0.15, 0.2) is 0 Å². The van der Waals surface area contributed by atoms with Gasteiger partial charge in [0.25, 0.3) is 0 Å². The molecule has 72 valence electrons. The molecule has 0 aliphatic heterocycles. The highest BCUT2D eigenvalue weighted by molar-refractivity contribution is 5.74. The molecule has 0 aromatic heterocycles. The average Bonchev–Trinajstić information content (AvgIpc) is 2.04. The highest BCUT2D eigenvalue weighted by Gasteiger charge is 2.05. The molecule has 0 aliphatic rings. The van der Waals surface area contributed by atoms with Crippen molar-refractivity contribution >= 4 is 11.8 Å². The molecule has 0 aliphatic carbocycles. The zero-order valence-corrected chi connectivity index (χ0v) is 8.26. The molecule has 0 saturated carbocycles. The van der Waals surface area contributed by atoms with Crippen molar-refractivity contribution in [2.75, 3.05) is 0 Å². The third kappa shape index (κ3) is 11.9. The van der Waals surface area contributed by atoms with E-state index >= 15 is 0 Å². The van der Waals surface area contributed by atoms with E-state index in [1.807, 2.05) is 13.8 Å². The van der Waals surface area contributed by atoms with E-state index in [2.05, 4.69) is 0 Å². The van der Waals surface area contributed by atoms with Gasteiger partial charge in [-0.25, -0.2) is 0 Å². The minimum atomic E-state index is -0.706. The van der Waals surface area contributed by atoms with E-state index in [-0.39, 0.29) is 11.7 Å².